The molecule has 5 rings (SSSR count). The predicted octanol–water partition coefficient (Wildman–Crippen LogP) is 5.22. The van der Waals surface area contributed by atoms with Crippen molar-refractivity contribution in [1.82, 2.24) is 9.66 Å². The molecule has 0 aliphatic heterocycles. The molecule has 0 saturated carbocycles. The Morgan fingerprint density at radius 3 is 2.42 bits per heavy atom. The molecule has 0 aliphatic rings. The summed E-state index contributed by atoms with van der Waals surface area (Å²) < 4.78 is 1.75. The number of nitrogens with one attached hydrogen (secondary N) is 1. The van der Waals surface area contributed by atoms with E-state index in [4.69, 9.17) is 11.6 Å². The number of amides is 1. The fourth-order valence-corrected chi connectivity index (χ4v) is 4.96. The van der Waals surface area contributed by atoms with E-state index in [9.17, 15) is 19.7 Å². The van der Waals surface area contributed by atoms with Crippen LogP contribution in [0.25, 0.3) is 32.4 Å². The van der Waals surface area contributed by atoms with Crippen LogP contribution in [0.1, 0.15) is 9.67 Å². The second-order valence-corrected chi connectivity index (χ2v) is 8.48. The molecule has 2 aromatic heterocycles. The molecular formula is C23H13ClN4O4S. The zero-order valence-electron chi connectivity index (χ0n) is 16.7. The van der Waals surface area contributed by atoms with E-state index < -0.39 is 16.4 Å². The van der Waals surface area contributed by atoms with Crippen LogP contribution in [0.2, 0.25) is 5.02 Å². The van der Waals surface area contributed by atoms with Crippen LogP contribution in [-0.4, -0.2) is 20.5 Å². The monoisotopic (exact) mass is 476 g/mol. The van der Waals surface area contributed by atoms with Crippen molar-refractivity contribution in [1.29, 1.82) is 0 Å². The number of aromatic nitrogens is 2. The lowest BCUT2D eigenvalue weighted by Gasteiger charge is -2.14. The van der Waals surface area contributed by atoms with Crippen LogP contribution in [0.4, 0.5) is 5.69 Å². The molecule has 1 N–H and O–H groups in total. The van der Waals surface area contributed by atoms with Gasteiger partial charge in [0.15, 0.2) is 5.82 Å². The average Bonchev–Trinajstić information content (AvgIpc) is 3.17. The number of rotatable bonds is 4. The van der Waals surface area contributed by atoms with E-state index in [0.717, 1.165) is 14.8 Å². The minimum Gasteiger partial charge on any atom is -0.267 e. The molecule has 0 fully saturated rings. The summed E-state index contributed by atoms with van der Waals surface area (Å²) in [6.07, 6.45) is 0. The first kappa shape index (κ1) is 20.8. The van der Waals surface area contributed by atoms with Gasteiger partial charge in [0.05, 0.1) is 26.4 Å². The molecule has 0 saturated heterocycles. The van der Waals surface area contributed by atoms with Gasteiger partial charge in [-0.05, 0) is 24.3 Å². The van der Waals surface area contributed by atoms with Crippen molar-refractivity contribution in [3.8, 4) is 11.4 Å². The van der Waals surface area contributed by atoms with Crippen molar-refractivity contribution in [3.05, 3.63) is 103 Å². The van der Waals surface area contributed by atoms with E-state index in [1.807, 2.05) is 18.2 Å². The van der Waals surface area contributed by atoms with E-state index in [-0.39, 0.29) is 32.4 Å². The van der Waals surface area contributed by atoms with E-state index in [1.54, 1.807) is 36.4 Å². The minimum absolute atomic E-state index is 0.0587. The van der Waals surface area contributed by atoms with Crippen LogP contribution in [0.3, 0.4) is 0 Å². The number of nitro groups is 1. The molecule has 0 aliphatic carbocycles. The number of carbonyl (C=O) groups excluding carboxylic acids is 1. The quantitative estimate of drug-likeness (QED) is 0.282. The van der Waals surface area contributed by atoms with Gasteiger partial charge in [-0.1, -0.05) is 54.1 Å². The smallest absolute Gasteiger partial charge is 0.267 e. The number of halogens is 1. The molecule has 0 unspecified atom stereocenters. The van der Waals surface area contributed by atoms with Crippen molar-refractivity contribution >= 4 is 55.5 Å². The van der Waals surface area contributed by atoms with Crippen LogP contribution in [0.5, 0.6) is 0 Å². The van der Waals surface area contributed by atoms with Crippen molar-refractivity contribution in [2.75, 3.05) is 5.43 Å². The fraction of sp³-hybridized carbons (Fsp3) is 0. The Kier molecular flexibility index (Phi) is 5.12. The summed E-state index contributed by atoms with van der Waals surface area (Å²) in [4.78, 5) is 42.3. The van der Waals surface area contributed by atoms with Gasteiger partial charge in [-0.15, -0.1) is 11.3 Å². The Labute approximate surface area is 194 Å². The second-order valence-electron chi connectivity index (χ2n) is 7.05. The predicted molar refractivity (Wildman–Crippen MR) is 129 cm³/mol. The molecule has 3 aromatic carbocycles. The van der Waals surface area contributed by atoms with Crippen LogP contribution < -0.4 is 11.0 Å². The summed E-state index contributed by atoms with van der Waals surface area (Å²) in [5.74, 6) is -0.684. The average molecular weight is 477 g/mol. The first-order chi connectivity index (χ1) is 16.0. The highest BCUT2D eigenvalue weighted by Gasteiger charge is 2.24. The molecule has 0 spiro atoms. The lowest BCUT2D eigenvalue weighted by Crippen LogP contribution is -2.35. The SMILES string of the molecule is O=C(Nn1c(-c2ccccc2[N+](=O)[O-])nc2ccccc2c1=O)c1sc2ccccc2c1Cl. The van der Waals surface area contributed by atoms with Gasteiger partial charge in [0.1, 0.15) is 4.88 Å². The van der Waals surface area contributed by atoms with Crippen molar-refractivity contribution in [2.24, 2.45) is 0 Å². The molecule has 5 aromatic rings. The van der Waals surface area contributed by atoms with E-state index in [0.29, 0.717) is 5.52 Å². The summed E-state index contributed by atoms with van der Waals surface area (Å²) in [5.41, 5.74) is 2.18. The second kappa shape index (κ2) is 8.12. The molecule has 162 valence electrons. The molecule has 0 bridgehead atoms. The topological polar surface area (TPSA) is 107 Å². The number of benzene rings is 3. The van der Waals surface area contributed by atoms with Gasteiger partial charge in [0.25, 0.3) is 17.2 Å². The van der Waals surface area contributed by atoms with E-state index >= 15 is 0 Å². The van der Waals surface area contributed by atoms with Crippen molar-refractivity contribution < 1.29 is 9.72 Å². The summed E-state index contributed by atoms with van der Waals surface area (Å²) in [7, 11) is 0. The molecular weight excluding hydrogens is 464 g/mol. The largest absolute Gasteiger partial charge is 0.281 e. The molecule has 10 heteroatoms. The molecule has 0 atom stereocenters. The zero-order valence-corrected chi connectivity index (χ0v) is 18.3. The van der Waals surface area contributed by atoms with Crippen LogP contribution >= 0.6 is 22.9 Å². The fourth-order valence-electron chi connectivity index (χ4n) is 3.55. The number of carbonyl (C=O) groups is 1. The Hall–Kier alpha value is -4.08. The van der Waals surface area contributed by atoms with Gasteiger partial charge in [0, 0.05) is 16.2 Å². The lowest BCUT2D eigenvalue weighted by molar-refractivity contribution is -0.384. The maximum Gasteiger partial charge on any atom is 0.281 e. The van der Waals surface area contributed by atoms with Gasteiger partial charge in [-0.25, -0.2) is 4.98 Å². The number of nitrogens with zero attached hydrogens (tertiary/aromatic N) is 3. The standard InChI is InChI=1S/C23H13ClN4O4S/c24-19-15-9-3-6-12-18(15)33-20(19)22(29)26-27-21(14-8-2-5-11-17(14)28(31)32)25-16-10-4-1-7-13(16)23(27)30/h1-12H,(H,26,29). The number of fused-ring (bicyclic) bond motifs is 2. The highest BCUT2D eigenvalue weighted by atomic mass is 35.5. The number of hydrogen-bond acceptors (Lipinski definition) is 6. The highest BCUT2D eigenvalue weighted by Crippen LogP contribution is 2.35. The number of nitro benzene ring substituents is 1. The maximum atomic E-state index is 13.3. The maximum absolute atomic E-state index is 13.3. The molecule has 33 heavy (non-hydrogen) atoms. The van der Waals surface area contributed by atoms with Gasteiger partial charge in [-0.2, -0.15) is 4.68 Å². The highest BCUT2D eigenvalue weighted by molar-refractivity contribution is 7.21. The minimum atomic E-state index is -0.625. The molecule has 8 nitrogen and oxygen atoms in total. The summed E-state index contributed by atoms with van der Waals surface area (Å²) in [6, 6.07) is 19.8. The van der Waals surface area contributed by atoms with Gasteiger partial charge >= 0.3 is 0 Å². The van der Waals surface area contributed by atoms with Gasteiger partial charge in [0.2, 0.25) is 0 Å². The van der Waals surface area contributed by atoms with Gasteiger partial charge in [-0.3, -0.25) is 25.1 Å². The van der Waals surface area contributed by atoms with Gasteiger partial charge < -0.3 is 0 Å². The Morgan fingerprint density at radius 2 is 1.67 bits per heavy atom. The third-order valence-electron chi connectivity index (χ3n) is 5.07. The Bertz CT molecular complexity index is 1640. The van der Waals surface area contributed by atoms with Crippen LogP contribution in [0, 0.1) is 10.1 Å². The Balaban J connectivity index is 1.72. The summed E-state index contributed by atoms with van der Waals surface area (Å²) in [6.45, 7) is 0. The number of thiophene rings is 1. The van der Waals surface area contributed by atoms with Crippen LogP contribution in [0.15, 0.2) is 77.6 Å². The summed E-state index contributed by atoms with van der Waals surface area (Å²) in [5, 5.41) is 12.9. The normalized spacial score (nSPS) is 11.1. The van der Waals surface area contributed by atoms with Crippen LogP contribution in [-0.2, 0) is 0 Å². The third-order valence-corrected chi connectivity index (χ3v) is 6.75. The molecule has 1 amide bonds. The van der Waals surface area contributed by atoms with Crippen molar-refractivity contribution in [3.63, 3.8) is 0 Å². The third kappa shape index (κ3) is 3.53. The lowest BCUT2D eigenvalue weighted by atomic mass is 10.1. The Morgan fingerprint density at radius 1 is 1.00 bits per heavy atom. The van der Waals surface area contributed by atoms with E-state index in [1.165, 1.54) is 29.5 Å². The number of hydrogen-bond donors (Lipinski definition) is 1. The molecule has 0 radical (unpaired) electrons. The van der Waals surface area contributed by atoms with E-state index in [2.05, 4.69) is 10.4 Å². The summed E-state index contributed by atoms with van der Waals surface area (Å²) >= 11 is 7.62. The zero-order chi connectivity index (χ0) is 23.1. The first-order valence-electron chi connectivity index (χ1n) is 9.69. The van der Waals surface area contributed by atoms with Crippen molar-refractivity contribution in [2.45, 2.75) is 0 Å². The number of para-hydroxylation sites is 2. The molecule has 2 heterocycles. The first-order valence-corrected chi connectivity index (χ1v) is 10.9.